The Bertz CT molecular complexity index is 1080. The minimum Gasteiger partial charge on any atom is -0.479 e. The summed E-state index contributed by atoms with van der Waals surface area (Å²) in [6.45, 7) is 1.94. The van der Waals surface area contributed by atoms with Gasteiger partial charge in [0.25, 0.3) is 5.91 Å². The first-order chi connectivity index (χ1) is 13.0. The number of hydrogen-bond donors (Lipinski definition) is 3. The van der Waals surface area contributed by atoms with Crippen LogP contribution in [0.4, 0.5) is 11.4 Å². The number of aromatic nitrogens is 2. The van der Waals surface area contributed by atoms with Crippen LogP contribution < -0.4 is 20.6 Å². The van der Waals surface area contributed by atoms with Gasteiger partial charge >= 0.3 is 5.69 Å². The molecule has 1 aromatic heterocycles. The number of aromatic amines is 2. The van der Waals surface area contributed by atoms with Crippen molar-refractivity contribution in [2.45, 2.75) is 19.4 Å². The van der Waals surface area contributed by atoms with Gasteiger partial charge in [-0.1, -0.05) is 12.1 Å². The summed E-state index contributed by atoms with van der Waals surface area (Å²) < 4.78 is 5.60. The molecule has 0 aliphatic carbocycles. The molecule has 0 radical (unpaired) electrons. The summed E-state index contributed by atoms with van der Waals surface area (Å²) in [4.78, 5) is 43.0. The quantitative estimate of drug-likeness (QED) is 0.656. The number of para-hydroxylation sites is 2. The van der Waals surface area contributed by atoms with E-state index in [4.69, 9.17) is 4.74 Å². The van der Waals surface area contributed by atoms with E-state index in [0.717, 1.165) is 0 Å². The first-order valence-electron chi connectivity index (χ1n) is 8.60. The van der Waals surface area contributed by atoms with Crippen LogP contribution in [-0.4, -0.2) is 34.4 Å². The molecule has 138 valence electrons. The molecule has 1 aliphatic heterocycles. The van der Waals surface area contributed by atoms with Crippen molar-refractivity contribution in [3.63, 3.8) is 0 Å². The van der Waals surface area contributed by atoms with Gasteiger partial charge in [0.05, 0.1) is 16.7 Å². The SMILES string of the molecule is CC1Oc2ccccc2N(CCC(=O)Nc2ccc3[nH]c(=O)[nH]c3c2)C1=O. The van der Waals surface area contributed by atoms with Crippen molar-refractivity contribution >= 4 is 34.2 Å². The van der Waals surface area contributed by atoms with E-state index in [9.17, 15) is 14.4 Å². The maximum atomic E-state index is 12.4. The fraction of sp³-hybridized carbons (Fsp3) is 0.211. The zero-order valence-electron chi connectivity index (χ0n) is 14.6. The number of amides is 2. The van der Waals surface area contributed by atoms with Crippen molar-refractivity contribution in [2.24, 2.45) is 0 Å². The Morgan fingerprint density at radius 2 is 1.93 bits per heavy atom. The van der Waals surface area contributed by atoms with E-state index in [1.807, 2.05) is 12.1 Å². The van der Waals surface area contributed by atoms with Crippen LogP contribution in [0.25, 0.3) is 11.0 Å². The topological polar surface area (TPSA) is 107 Å². The summed E-state index contributed by atoms with van der Waals surface area (Å²) in [5.41, 5.74) is 2.23. The molecule has 3 N–H and O–H groups in total. The second-order valence-corrected chi connectivity index (χ2v) is 6.36. The number of hydrogen-bond acceptors (Lipinski definition) is 4. The van der Waals surface area contributed by atoms with Gasteiger partial charge in [-0.2, -0.15) is 0 Å². The normalized spacial score (nSPS) is 16.1. The van der Waals surface area contributed by atoms with E-state index in [0.29, 0.717) is 28.2 Å². The van der Waals surface area contributed by atoms with E-state index in [1.165, 1.54) is 0 Å². The number of anilines is 2. The Balaban J connectivity index is 1.45. The van der Waals surface area contributed by atoms with Gasteiger partial charge in [-0.25, -0.2) is 4.79 Å². The highest BCUT2D eigenvalue weighted by Gasteiger charge is 2.31. The van der Waals surface area contributed by atoms with E-state index in [-0.39, 0.29) is 30.5 Å². The molecule has 1 atom stereocenters. The van der Waals surface area contributed by atoms with Crippen molar-refractivity contribution in [1.29, 1.82) is 0 Å². The molecule has 0 saturated heterocycles. The molecular weight excluding hydrogens is 348 g/mol. The molecule has 1 unspecified atom stereocenters. The molecule has 8 heteroatoms. The van der Waals surface area contributed by atoms with Crippen molar-refractivity contribution in [2.75, 3.05) is 16.8 Å². The highest BCUT2D eigenvalue weighted by atomic mass is 16.5. The molecule has 4 rings (SSSR count). The number of nitrogens with one attached hydrogen (secondary N) is 3. The average molecular weight is 366 g/mol. The van der Waals surface area contributed by atoms with Crippen LogP contribution in [0.5, 0.6) is 5.75 Å². The molecule has 2 amide bonds. The molecule has 27 heavy (non-hydrogen) atoms. The Hall–Kier alpha value is -3.55. The molecule has 2 heterocycles. The van der Waals surface area contributed by atoms with Crippen LogP contribution in [0.1, 0.15) is 13.3 Å². The molecule has 0 spiro atoms. The van der Waals surface area contributed by atoms with Gasteiger partial charge in [0.15, 0.2) is 6.10 Å². The standard InChI is InChI=1S/C19H18N4O4/c1-11-18(25)23(15-4-2-3-5-16(15)27-11)9-8-17(24)20-12-6-7-13-14(10-12)22-19(26)21-13/h2-7,10-11H,8-9H2,1H3,(H,20,24)(H2,21,22,26). The predicted octanol–water partition coefficient (Wildman–Crippen LogP) is 2.00. The largest absolute Gasteiger partial charge is 0.479 e. The minimum atomic E-state index is -0.587. The number of nitrogens with zero attached hydrogens (tertiary/aromatic N) is 1. The molecule has 0 fully saturated rings. The van der Waals surface area contributed by atoms with Crippen molar-refractivity contribution in [3.05, 3.63) is 52.9 Å². The van der Waals surface area contributed by atoms with E-state index in [2.05, 4.69) is 15.3 Å². The molecule has 2 aromatic carbocycles. The molecule has 3 aromatic rings. The summed E-state index contributed by atoms with van der Waals surface area (Å²) in [7, 11) is 0. The highest BCUT2D eigenvalue weighted by Crippen LogP contribution is 2.33. The van der Waals surface area contributed by atoms with Gasteiger partial charge in [0.2, 0.25) is 5.91 Å². The van der Waals surface area contributed by atoms with Crippen LogP contribution >= 0.6 is 0 Å². The van der Waals surface area contributed by atoms with Gasteiger partial charge in [-0.05, 0) is 37.3 Å². The van der Waals surface area contributed by atoms with Crippen LogP contribution in [-0.2, 0) is 9.59 Å². The first-order valence-corrected chi connectivity index (χ1v) is 8.60. The van der Waals surface area contributed by atoms with Crippen LogP contribution in [0, 0.1) is 0 Å². The van der Waals surface area contributed by atoms with Crippen LogP contribution in [0.2, 0.25) is 0 Å². The van der Waals surface area contributed by atoms with Gasteiger partial charge in [-0.3, -0.25) is 9.59 Å². The average Bonchev–Trinajstić information content (AvgIpc) is 3.01. The zero-order valence-corrected chi connectivity index (χ0v) is 14.6. The second-order valence-electron chi connectivity index (χ2n) is 6.36. The first kappa shape index (κ1) is 16.9. The molecular formula is C19H18N4O4. The van der Waals surface area contributed by atoms with Gasteiger partial charge in [0.1, 0.15) is 5.75 Å². The fourth-order valence-corrected chi connectivity index (χ4v) is 3.14. The smallest absolute Gasteiger partial charge is 0.323 e. The van der Waals surface area contributed by atoms with E-state index in [1.54, 1.807) is 42.2 Å². The maximum absolute atomic E-state index is 12.4. The lowest BCUT2D eigenvalue weighted by Crippen LogP contribution is -2.45. The predicted molar refractivity (Wildman–Crippen MR) is 101 cm³/mol. The Morgan fingerprint density at radius 1 is 1.15 bits per heavy atom. The third-order valence-electron chi connectivity index (χ3n) is 4.44. The van der Waals surface area contributed by atoms with Gasteiger partial charge in [-0.15, -0.1) is 0 Å². The lowest BCUT2D eigenvalue weighted by molar-refractivity contribution is -0.125. The Labute approximate surface area is 154 Å². The third kappa shape index (κ3) is 3.29. The van der Waals surface area contributed by atoms with Gasteiger partial charge < -0.3 is 24.9 Å². The van der Waals surface area contributed by atoms with Crippen LogP contribution in [0.3, 0.4) is 0 Å². The number of H-pyrrole nitrogens is 2. The summed E-state index contributed by atoms with van der Waals surface area (Å²) in [5, 5.41) is 2.79. The minimum absolute atomic E-state index is 0.133. The number of carbonyl (C=O) groups excluding carboxylic acids is 2. The maximum Gasteiger partial charge on any atom is 0.323 e. The second kappa shape index (κ2) is 6.64. The number of rotatable bonds is 4. The zero-order chi connectivity index (χ0) is 19.0. The lowest BCUT2D eigenvalue weighted by atomic mass is 10.1. The van der Waals surface area contributed by atoms with Crippen molar-refractivity contribution in [1.82, 2.24) is 9.97 Å². The summed E-state index contributed by atoms with van der Waals surface area (Å²) in [6.07, 6.45) is -0.454. The summed E-state index contributed by atoms with van der Waals surface area (Å²) >= 11 is 0. The number of ether oxygens (including phenoxy) is 1. The molecule has 8 nitrogen and oxygen atoms in total. The number of carbonyl (C=O) groups is 2. The molecule has 0 saturated carbocycles. The Kier molecular flexibility index (Phi) is 4.15. The van der Waals surface area contributed by atoms with Crippen molar-refractivity contribution < 1.29 is 14.3 Å². The van der Waals surface area contributed by atoms with E-state index >= 15 is 0 Å². The fourth-order valence-electron chi connectivity index (χ4n) is 3.14. The Morgan fingerprint density at radius 3 is 2.78 bits per heavy atom. The van der Waals surface area contributed by atoms with Crippen molar-refractivity contribution in [3.8, 4) is 5.75 Å². The monoisotopic (exact) mass is 366 g/mol. The number of benzene rings is 2. The number of fused-ring (bicyclic) bond motifs is 2. The molecule has 0 bridgehead atoms. The van der Waals surface area contributed by atoms with E-state index < -0.39 is 6.10 Å². The van der Waals surface area contributed by atoms with Gasteiger partial charge in [0, 0.05) is 18.7 Å². The number of imidazole rings is 1. The van der Waals surface area contributed by atoms with Crippen LogP contribution in [0.15, 0.2) is 47.3 Å². The summed E-state index contributed by atoms with van der Waals surface area (Å²) in [6, 6.07) is 12.4. The lowest BCUT2D eigenvalue weighted by Gasteiger charge is -2.32. The highest BCUT2D eigenvalue weighted by molar-refractivity contribution is 6.01. The summed E-state index contributed by atoms with van der Waals surface area (Å²) in [5.74, 6) is 0.233. The molecule has 1 aliphatic rings. The third-order valence-corrected chi connectivity index (χ3v) is 4.44.